The second-order valence-electron chi connectivity index (χ2n) is 22.0. The molecule has 0 radical (unpaired) electrons. The summed E-state index contributed by atoms with van der Waals surface area (Å²) in [6.07, 6.45) is 29.0. The van der Waals surface area contributed by atoms with Crippen LogP contribution in [0.4, 0.5) is 35.9 Å². The number of hydrogen-bond donors (Lipinski definition) is 0. The number of halogens is 3. The molecule has 76 heavy (non-hydrogen) atoms. The molecule has 0 fully saturated rings. The van der Waals surface area contributed by atoms with Gasteiger partial charge in [0.15, 0.2) is 0 Å². The minimum absolute atomic E-state index is 0.0162. The van der Waals surface area contributed by atoms with E-state index in [1.807, 2.05) is 11.8 Å². The lowest BCUT2D eigenvalue weighted by molar-refractivity contribution is -0.137. The molecular formula is C68H57F3N2O2S. The highest BCUT2D eigenvalue weighted by Gasteiger charge is 2.54. The molecule has 10 aliphatic rings. The van der Waals surface area contributed by atoms with Crippen LogP contribution in [0.5, 0.6) is 0 Å². The lowest BCUT2D eigenvalue weighted by Crippen LogP contribution is -2.45. The molecule has 1 spiro atoms. The van der Waals surface area contributed by atoms with Gasteiger partial charge in [0.2, 0.25) is 0 Å². The number of thioether (sulfide) groups is 1. The first-order valence-corrected chi connectivity index (χ1v) is 28.2. The van der Waals surface area contributed by atoms with E-state index < -0.39 is 17.2 Å². The molecule has 0 saturated carbocycles. The molecule has 8 heteroatoms. The summed E-state index contributed by atoms with van der Waals surface area (Å²) < 4.78 is 57.3. The van der Waals surface area contributed by atoms with Gasteiger partial charge in [-0.2, -0.15) is 13.2 Å². The van der Waals surface area contributed by atoms with E-state index in [0.717, 1.165) is 97.6 Å². The van der Waals surface area contributed by atoms with Gasteiger partial charge in [-0.15, -0.1) is 0 Å². The average molecular weight is 1020 g/mol. The van der Waals surface area contributed by atoms with Gasteiger partial charge in [0.25, 0.3) is 0 Å². The lowest BCUT2D eigenvalue weighted by Gasteiger charge is -2.45. The zero-order chi connectivity index (χ0) is 51.0. The van der Waals surface area contributed by atoms with Gasteiger partial charge in [-0.3, -0.25) is 0 Å². The van der Waals surface area contributed by atoms with Crippen LogP contribution < -0.4 is 9.80 Å². The molecule has 7 aliphatic carbocycles. The number of nitrogens with zero attached hydrogens (tertiary/aromatic N) is 2. The van der Waals surface area contributed by atoms with E-state index in [-0.39, 0.29) is 24.2 Å². The van der Waals surface area contributed by atoms with E-state index in [1.165, 1.54) is 82.8 Å². The van der Waals surface area contributed by atoms with Crippen molar-refractivity contribution < 1.29 is 22.6 Å². The van der Waals surface area contributed by atoms with Crippen molar-refractivity contribution in [2.24, 2.45) is 11.8 Å². The number of benzene rings is 5. The third-order valence-corrected chi connectivity index (χ3v) is 19.3. The number of para-hydroxylation sites is 1. The molecule has 5 aromatic carbocycles. The van der Waals surface area contributed by atoms with Gasteiger partial charge in [-0.25, -0.2) is 0 Å². The van der Waals surface area contributed by atoms with Crippen LogP contribution in [0.3, 0.4) is 0 Å². The molecule has 0 N–H and O–H groups in total. The summed E-state index contributed by atoms with van der Waals surface area (Å²) in [5.41, 5.74) is 16.4. The van der Waals surface area contributed by atoms with E-state index in [0.29, 0.717) is 11.6 Å². The van der Waals surface area contributed by atoms with E-state index in [9.17, 15) is 13.2 Å². The molecule has 0 bridgehead atoms. The fraction of sp³-hybridized carbons (Fsp3) is 0.265. The van der Waals surface area contributed by atoms with Crippen LogP contribution in [-0.2, 0) is 21.1 Å². The molecule has 0 amide bonds. The molecular weight excluding hydrogens is 966 g/mol. The van der Waals surface area contributed by atoms with E-state index in [4.69, 9.17) is 9.47 Å². The van der Waals surface area contributed by atoms with Crippen molar-refractivity contribution in [3.63, 3.8) is 0 Å². The van der Waals surface area contributed by atoms with E-state index in [2.05, 4.69) is 169 Å². The molecule has 0 aromatic heterocycles. The Morgan fingerprint density at radius 1 is 0.645 bits per heavy atom. The molecule has 3 aliphatic heterocycles. The normalized spacial score (nSPS) is 25.2. The van der Waals surface area contributed by atoms with Gasteiger partial charge in [-0.05, 0) is 193 Å². The summed E-state index contributed by atoms with van der Waals surface area (Å²) in [4.78, 5) is 7.39. The third kappa shape index (κ3) is 6.77. The molecule has 5 aromatic rings. The zero-order valence-electron chi connectivity index (χ0n) is 42.7. The van der Waals surface area contributed by atoms with Gasteiger partial charge < -0.3 is 19.3 Å². The van der Waals surface area contributed by atoms with Crippen LogP contribution in [0.1, 0.15) is 88.3 Å². The lowest BCUT2D eigenvalue weighted by atomic mass is 9.62. The average Bonchev–Trinajstić information content (AvgIpc) is 4.19. The number of rotatable bonds is 6. The predicted molar refractivity (Wildman–Crippen MR) is 302 cm³/mol. The van der Waals surface area contributed by atoms with Crippen molar-refractivity contribution in [3.8, 4) is 11.1 Å². The zero-order valence-corrected chi connectivity index (χ0v) is 43.5. The monoisotopic (exact) mass is 1020 g/mol. The highest BCUT2D eigenvalue weighted by molar-refractivity contribution is 8.07. The Balaban J connectivity index is 0.977. The summed E-state index contributed by atoms with van der Waals surface area (Å²) in [5.74, 6) is 2.37. The number of allylic oxidation sites excluding steroid dienone is 13. The highest BCUT2D eigenvalue weighted by Crippen LogP contribution is 2.67. The molecule has 3 heterocycles. The number of anilines is 4. The van der Waals surface area contributed by atoms with Gasteiger partial charge in [0.05, 0.1) is 28.4 Å². The predicted octanol–water partition coefficient (Wildman–Crippen LogP) is 18.2. The minimum atomic E-state index is -4.48. The van der Waals surface area contributed by atoms with Crippen LogP contribution in [0.15, 0.2) is 230 Å². The number of fused-ring (bicyclic) bond motifs is 13. The maximum atomic E-state index is 14.4. The SMILES string of the molecule is CC1=CCCC2=C1OC1C(N(c3ccc(C(F)(F)F)cc3)c3ccc4c(c3)C3(C5=C(C=CCC5)SC5=C3CCC=C5)c3cc(N(c5ccccc5)C5C=CCC6C7=C(OC65)C(C)=CCC7)c5ccccc5c3-4)=CC=CC21. The van der Waals surface area contributed by atoms with Crippen molar-refractivity contribution >= 4 is 45.3 Å². The number of hydrogen-bond acceptors (Lipinski definition) is 5. The van der Waals surface area contributed by atoms with Gasteiger partial charge in [-0.1, -0.05) is 121 Å². The summed E-state index contributed by atoms with van der Waals surface area (Å²) in [6.45, 7) is 4.34. The quantitative estimate of drug-likeness (QED) is 0.158. The molecule has 0 saturated heterocycles. The van der Waals surface area contributed by atoms with Gasteiger partial charge in [0, 0.05) is 44.1 Å². The maximum Gasteiger partial charge on any atom is 0.416 e. The third-order valence-electron chi connectivity index (χ3n) is 18.1. The first kappa shape index (κ1) is 46.2. The first-order valence-electron chi connectivity index (χ1n) is 27.4. The first-order chi connectivity index (χ1) is 37.2. The Bertz CT molecular complexity index is 3670. The number of ether oxygens (including phenoxy) is 2. The van der Waals surface area contributed by atoms with Crippen molar-refractivity contribution in [3.05, 3.63) is 247 Å². The van der Waals surface area contributed by atoms with Crippen LogP contribution in [-0.4, -0.2) is 18.2 Å². The van der Waals surface area contributed by atoms with Gasteiger partial charge >= 0.3 is 6.18 Å². The van der Waals surface area contributed by atoms with E-state index >= 15 is 0 Å². The van der Waals surface area contributed by atoms with Crippen LogP contribution in [0.25, 0.3) is 21.9 Å². The van der Waals surface area contributed by atoms with Crippen molar-refractivity contribution in [2.75, 3.05) is 9.80 Å². The van der Waals surface area contributed by atoms with Gasteiger partial charge in [0.1, 0.15) is 23.7 Å². The Morgan fingerprint density at radius 3 is 2.07 bits per heavy atom. The summed E-state index contributed by atoms with van der Waals surface area (Å²) >= 11 is 1.91. The molecule has 5 unspecified atom stereocenters. The second-order valence-corrected chi connectivity index (χ2v) is 23.1. The topological polar surface area (TPSA) is 24.9 Å². The smallest absolute Gasteiger partial charge is 0.416 e. The van der Waals surface area contributed by atoms with Crippen molar-refractivity contribution in [1.82, 2.24) is 0 Å². The van der Waals surface area contributed by atoms with Crippen molar-refractivity contribution in [1.29, 1.82) is 0 Å². The Morgan fingerprint density at radius 2 is 1.33 bits per heavy atom. The Kier molecular flexibility index (Phi) is 10.6. The van der Waals surface area contributed by atoms with Crippen molar-refractivity contribution in [2.45, 2.75) is 101 Å². The maximum absolute atomic E-state index is 14.4. The standard InChI is InChI=1S/C68H57F3N2O2S/c1-40-16-12-22-48-50-24-14-28-57(65(50)74-63(40)48)72(44-34-32-42(33-35-44)68(69,70)71)45-36-37-52-55(38-45)67(53-26-8-10-30-60(53)76-61-31-11-9-27-54(61)67)56-39-59(46-20-6-7-21-47(46)62(52)56)73(43-18-4-3-5-19-43)58-29-15-25-51-49-23-13-17-41(2)64(49)75-66(51)58/h3-7,10-11,14-21,24,28-39,50-51,58,65-66H,8-9,12-13,22-23,25-27H2,1-2H3. The fourth-order valence-corrected chi connectivity index (χ4v) is 16.2. The summed E-state index contributed by atoms with van der Waals surface area (Å²) in [5, 5.41) is 2.37. The highest BCUT2D eigenvalue weighted by atomic mass is 32.2. The van der Waals surface area contributed by atoms with Crippen LogP contribution >= 0.6 is 11.8 Å². The largest absolute Gasteiger partial charge is 0.487 e. The molecule has 378 valence electrons. The Labute approximate surface area is 447 Å². The summed E-state index contributed by atoms with van der Waals surface area (Å²) in [6, 6.07) is 35.1. The number of alkyl halides is 3. The second kappa shape index (κ2) is 17.4. The van der Waals surface area contributed by atoms with Crippen LogP contribution in [0.2, 0.25) is 0 Å². The van der Waals surface area contributed by atoms with Crippen LogP contribution in [0, 0.1) is 11.8 Å². The molecule has 5 atom stereocenters. The summed E-state index contributed by atoms with van der Waals surface area (Å²) in [7, 11) is 0. The Hall–Kier alpha value is -7.16. The molecule has 4 nitrogen and oxygen atoms in total. The fourth-order valence-electron chi connectivity index (χ4n) is 14.9. The minimum Gasteiger partial charge on any atom is -0.487 e. The molecule has 15 rings (SSSR count). The van der Waals surface area contributed by atoms with E-state index in [1.54, 1.807) is 12.1 Å².